The van der Waals surface area contributed by atoms with Crippen LogP contribution in [-0.2, 0) is 4.74 Å². The zero-order chi connectivity index (χ0) is 15.8. The number of hydrogen-bond donors (Lipinski definition) is 4. The fourth-order valence-electron chi connectivity index (χ4n) is 2.41. The first-order valence-corrected chi connectivity index (χ1v) is 6.95. The van der Waals surface area contributed by atoms with Gasteiger partial charge in [-0.05, 0) is 6.20 Å². The Bertz CT molecular complexity index is 409. The van der Waals surface area contributed by atoms with Crippen molar-refractivity contribution in [1.29, 1.82) is 0 Å². The summed E-state index contributed by atoms with van der Waals surface area (Å²) in [5.41, 5.74) is 7.32. The summed E-state index contributed by atoms with van der Waals surface area (Å²) in [6.45, 7) is 5.55. The molecule has 0 amide bonds. The molecule has 0 aromatic heterocycles. The van der Waals surface area contributed by atoms with E-state index in [0.29, 0.717) is 43.3 Å². The second kappa shape index (κ2) is 8.66. The minimum atomic E-state index is -0.474. The molecular formula is C14H26N4O3. The summed E-state index contributed by atoms with van der Waals surface area (Å²) in [4.78, 5) is 6.11. The molecule has 7 nitrogen and oxygen atoms in total. The normalized spacial score (nSPS) is 24.7. The van der Waals surface area contributed by atoms with E-state index in [1.807, 2.05) is 0 Å². The van der Waals surface area contributed by atoms with Gasteiger partial charge in [-0.3, -0.25) is 9.89 Å². The fraction of sp³-hybridized carbons (Fsp3) is 0.643. The van der Waals surface area contributed by atoms with Crippen LogP contribution in [0, 0.1) is 5.92 Å². The average Bonchev–Trinajstić information content (AvgIpc) is 2.85. The van der Waals surface area contributed by atoms with Gasteiger partial charge in [0.15, 0.2) is 0 Å². The van der Waals surface area contributed by atoms with E-state index in [1.165, 1.54) is 13.3 Å². The van der Waals surface area contributed by atoms with Crippen LogP contribution in [0.25, 0.3) is 0 Å². The van der Waals surface area contributed by atoms with Crippen molar-refractivity contribution in [2.24, 2.45) is 16.6 Å². The molecule has 1 aliphatic rings. The van der Waals surface area contributed by atoms with Crippen LogP contribution in [0.15, 0.2) is 29.2 Å². The highest BCUT2D eigenvalue weighted by molar-refractivity contribution is 5.93. The molecule has 0 aromatic carbocycles. The highest BCUT2D eigenvalue weighted by atomic mass is 16.5. The third-order valence-electron chi connectivity index (χ3n) is 3.59. The van der Waals surface area contributed by atoms with Gasteiger partial charge in [-0.15, -0.1) is 0 Å². The Hall–Kier alpha value is -1.57. The number of nitrogens with zero attached hydrogens (tertiary/aromatic N) is 2. The second-order valence-corrected chi connectivity index (χ2v) is 5.00. The van der Waals surface area contributed by atoms with Gasteiger partial charge >= 0.3 is 0 Å². The quantitative estimate of drug-likeness (QED) is 0.364. The number of methoxy groups -OCH3 is 1. The largest absolute Gasteiger partial charge is 0.480 e. The van der Waals surface area contributed by atoms with Crippen molar-refractivity contribution < 1.29 is 14.9 Å². The Kier molecular flexibility index (Phi) is 7.21. The van der Waals surface area contributed by atoms with E-state index in [4.69, 9.17) is 15.6 Å². The fourth-order valence-corrected chi connectivity index (χ4v) is 2.41. The molecule has 0 radical (unpaired) electrons. The predicted molar refractivity (Wildman–Crippen MR) is 82.6 cm³/mol. The number of nitrogens with two attached hydrogens (primary N) is 1. The van der Waals surface area contributed by atoms with Crippen LogP contribution >= 0.6 is 0 Å². The molecule has 0 aliphatic carbocycles. The first-order valence-electron chi connectivity index (χ1n) is 6.95. The highest BCUT2D eigenvalue weighted by Gasteiger charge is 2.30. The first kappa shape index (κ1) is 17.5. The van der Waals surface area contributed by atoms with E-state index in [2.05, 4.69) is 21.8 Å². The number of aliphatic hydroxyl groups is 2. The van der Waals surface area contributed by atoms with Crippen molar-refractivity contribution in [3.05, 3.63) is 24.2 Å². The van der Waals surface area contributed by atoms with Gasteiger partial charge in [0, 0.05) is 51.3 Å². The van der Waals surface area contributed by atoms with Gasteiger partial charge in [-0.25, -0.2) is 0 Å². The van der Waals surface area contributed by atoms with Crippen LogP contribution in [0.1, 0.15) is 6.42 Å². The van der Waals surface area contributed by atoms with E-state index in [9.17, 15) is 5.11 Å². The lowest BCUT2D eigenvalue weighted by Crippen LogP contribution is -2.27. The van der Waals surface area contributed by atoms with Gasteiger partial charge in [0.25, 0.3) is 0 Å². The number of aliphatic hydroxyl groups excluding tert-OH is 2. The van der Waals surface area contributed by atoms with E-state index < -0.39 is 6.10 Å². The number of ether oxygens (including phenoxy) is 1. The maximum Gasteiger partial charge on any atom is 0.234 e. The molecule has 2 unspecified atom stereocenters. The van der Waals surface area contributed by atoms with Crippen LogP contribution in [0.2, 0.25) is 0 Å². The van der Waals surface area contributed by atoms with Gasteiger partial charge in [0.1, 0.15) is 5.70 Å². The number of rotatable bonds is 7. The first-order chi connectivity index (χ1) is 10.1. The van der Waals surface area contributed by atoms with Crippen molar-refractivity contribution in [3.63, 3.8) is 0 Å². The molecule has 0 saturated carbocycles. The molecule has 1 fully saturated rings. The smallest absolute Gasteiger partial charge is 0.234 e. The molecule has 1 rings (SSSR count). The third kappa shape index (κ3) is 4.73. The summed E-state index contributed by atoms with van der Waals surface area (Å²) >= 11 is 0. The zero-order valence-electron chi connectivity index (χ0n) is 12.7. The molecule has 1 aliphatic heterocycles. The SMILES string of the molecule is C=CN/C(C(=NC)OC)=C(/N)CCN1CC(O)C(CO)C1. The van der Waals surface area contributed by atoms with E-state index >= 15 is 0 Å². The molecule has 120 valence electrons. The molecule has 0 spiro atoms. The number of nitrogens with one attached hydrogen (secondary N) is 1. The predicted octanol–water partition coefficient (Wildman–Crippen LogP) is -0.760. The van der Waals surface area contributed by atoms with Crippen LogP contribution in [0.5, 0.6) is 0 Å². The molecule has 21 heavy (non-hydrogen) atoms. The maximum absolute atomic E-state index is 9.77. The van der Waals surface area contributed by atoms with Gasteiger partial charge in [-0.2, -0.15) is 0 Å². The lowest BCUT2D eigenvalue weighted by Gasteiger charge is -2.17. The van der Waals surface area contributed by atoms with Crippen LogP contribution < -0.4 is 11.1 Å². The number of hydrogen-bond acceptors (Lipinski definition) is 7. The minimum Gasteiger partial charge on any atom is -0.480 e. The Morgan fingerprint density at radius 1 is 1.57 bits per heavy atom. The van der Waals surface area contributed by atoms with Crippen LogP contribution in [0.3, 0.4) is 0 Å². The lowest BCUT2D eigenvalue weighted by atomic mass is 10.1. The Balaban J connectivity index is 2.66. The van der Waals surface area contributed by atoms with Crippen molar-refractivity contribution in [1.82, 2.24) is 10.2 Å². The summed E-state index contributed by atoms with van der Waals surface area (Å²) in [6, 6.07) is 0. The monoisotopic (exact) mass is 298 g/mol. The number of likely N-dealkylation sites (tertiary alicyclic amines) is 1. The van der Waals surface area contributed by atoms with Gasteiger partial charge in [0.2, 0.25) is 5.90 Å². The van der Waals surface area contributed by atoms with E-state index in [0.717, 1.165) is 0 Å². The topological polar surface area (TPSA) is 103 Å². The number of aliphatic imine (C=N–C) groups is 1. The summed E-state index contributed by atoms with van der Waals surface area (Å²) in [7, 11) is 3.16. The van der Waals surface area contributed by atoms with Crippen LogP contribution in [0.4, 0.5) is 0 Å². The van der Waals surface area contributed by atoms with E-state index in [1.54, 1.807) is 7.05 Å². The Morgan fingerprint density at radius 2 is 2.29 bits per heavy atom. The highest BCUT2D eigenvalue weighted by Crippen LogP contribution is 2.17. The lowest BCUT2D eigenvalue weighted by molar-refractivity contribution is 0.103. The Labute approximate surface area is 125 Å². The van der Waals surface area contributed by atoms with Gasteiger partial charge in [-0.1, -0.05) is 6.58 Å². The van der Waals surface area contributed by atoms with Crippen LogP contribution in [-0.4, -0.2) is 67.5 Å². The van der Waals surface area contributed by atoms with Crippen molar-refractivity contribution in [2.45, 2.75) is 12.5 Å². The second-order valence-electron chi connectivity index (χ2n) is 5.00. The molecule has 5 N–H and O–H groups in total. The molecular weight excluding hydrogens is 272 g/mol. The van der Waals surface area contributed by atoms with E-state index in [-0.39, 0.29) is 12.5 Å². The standard InChI is InChI=1S/C14H26N4O3/c1-4-17-13(14(16-2)21-3)11(15)5-6-18-7-10(9-19)12(20)8-18/h4,10,12,17,19-20H,1,5-9,15H2,2-3H3/b13-11+,16-14?. The van der Waals surface area contributed by atoms with Crippen molar-refractivity contribution in [3.8, 4) is 0 Å². The minimum absolute atomic E-state index is 0.00255. The molecule has 2 atom stereocenters. The summed E-state index contributed by atoms with van der Waals surface area (Å²) in [6.07, 6.45) is 1.65. The maximum atomic E-state index is 9.77. The molecule has 0 aromatic rings. The zero-order valence-corrected chi connectivity index (χ0v) is 12.7. The summed E-state index contributed by atoms with van der Waals surface area (Å²) in [5.74, 6) is 0.342. The van der Waals surface area contributed by atoms with Gasteiger partial charge in [0.05, 0.1) is 13.2 Å². The molecule has 0 bridgehead atoms. The molecule has 1 heterocycles. The molecule has 7 heteroatoms. The van der Waals surface area contributed by atoms with Crippen molar-refractivity contribution >= 4 is 5.90 Å². The summed E-state index contributed by atoms with van der Waals surface area (Å²) < 4.78 is 5.17. The molecule has 1 saturated heterocycles. The van der Waals surface area contributed by atoms with Gasteiger partial charge < -0.3 is 26.0 Å². The average molecular weight is 298 g/mol. The number of β-amino-alcohol motifs (C(OH)–C–C–N with tert-alkyl or cyclic N) is 1. The summed E-state index contributed by atoms with van der Waals surface area (Å²) in [5, 5.41) is 21.9. The third-order valence-corrected chi connectivity index (χ3v) is 3.59. The van der Waals surface area contributed by atoms with Crippen molar-refractivity contribution in [2.75, 3.05) is 40.4 Å². The Morgan fingerprint density at radius 3 is 2.76 bits per heavy atom.